The smallest absolute Gasteiger partial charge is 0.287 e. The third kappa shape index (κ3) is 2.67. The van der Waals surface area contributed by atoms with Gasteiger partial charge in [-0.15, -0.1) is 0 Å². The fourth-order valence-electron chi connectivity index (χ4n) is 1.63. The van der Waals surface area contributed by atoms with Gasteiger partial charge in [-0.3, -0.25) is 4.79 Å². The van der Waals surface area contributed by atoms with Gasteiger partial charge in [0.05, 0.1) is 0 Å². The SMILES string of the molecule is Cc1ccc2cc(C(=O)NCC(C)C)oc2c1. The van der Waals surface area contributed by atoms with Crippen LogP contribution in [0.2, 0.25) is 0 Å². The van der Waals surface area contributed by atoms with E-state index in [0.717, 1.165) is 16.5 Å². The van der Waals surface area contributed by atoms with E-state index in [0.29, 0.717) is 18.2 Å². The second kappa shape index (κ2) is 4.62. The molecular formula is C14H17NO2. The first-order valence-electron chi connectivity index (χ1n) is 5.84. The zero-order chi connectivity index (χ0) is 12.4. The van der Waals surface area contributed by atoms with Gasteiger partial charge in [0.25, 0.3) is 5.91 Å². The molecule has 90 valence electrons. The molecule has 0 saturated carbocycles. The summed E-state index contributed by atoms with van der Waals surface area (Å²) in [4.78, 5) is 11.8. The van der Waals surface area contributed by atoms with Crippen molar-refractivity contribution in [2.24, 2.45) is 5.92 Å². The van der Waals surface area contributed by atoms with E-state index in [2.05, 4.69) is 19.2 Å². The van der Waals surface area contributed by atoms with Crippen LogP contribution < -0.4 is 5.32 Å². The Hall–Kier alpha value is -1.77. The van der Waals surface area contributed by atoms with Gasteiger partial charge in [-0.05, 0) is 30.5 Å². The van der Waals surface area contributed by atoms with Crippen LogP contribution in [0.1, 0.15) is 30.0 Å². The summed E-state index contributed by atoms with van der Waals surface area (Å²) in [6.07, 6.45) is 0. The van der Waals surface area contributed by atoms with Crippen LogP contribution in [-0.4, -0.2) is 12.5 Å². The van der Waals surface area contributed by atoms with Crippen molar-refractivity contribution in [2.75, 3.05) is 6.54 Å². The molecule has 0 aliphatic rings. The highest BCUT2D eigenvalue weighted by Crippen LogP contribution is 2.20. The Morgan fingerprint density at radius 1 is 1.35 bits per heavy atom. The van der Waals surface area contributed by atoms with E-state index in [4.69, 9.17) is 4.42 Å². The molecule has 0 bridgehead atoms. The van der Waals surface area contributed by atoms with Crippen LogP contribution in [0.5, 0.6) is 0 Å². The van der Waals surface area contributed by atoms with Crippen molar-refractivity contribution in [3.05, 3.63) is 35.6 Å². The first-order chi connectivity index (χ1) is 8.06. The molecule has 2 aromatic rings. The van der Waals surface area contributed by atoms with Gasteiger partial charge in [0.1, 0.15) is 5.58 Å². The highest BCUT2D eigenvalue weighted by Gasteiger charge is 2.12. The van der Waals surface area contributed by atoms with Gasteiger partial charge >= 0.3 is 0 Å². The molecule has 0 atom stereocenters. The van der Waals surface area contributed by atoms with Crippen molar-refractivity contribution in [1.82, 2.24) is 5.32 Å². The average Bonchev–Trinajstić information content (AvgIpc) is 2.68. The summed E-state index contributed by atoms with van der Waals surface area (Å²) in [5.41, 5.74) is 1.89. The van der Waals surface area contributed by atoms with E-state index in [-0.39, 0.29) is 5.91 Å². The minimum atomic E-state index is -0.146. The Morgan fingerprint density at radius 2 is 2.12 bits per heavy atom. The first-order valence-corrected chi connectivity index (χ1v) is 5.84. The van der Waals surface area contributed by atoms with E-state index in [1.165, 1.54) is 0 Å². The Bertz CT molecular complexity index is 540. The monoisotopic (exact) mass is 231 g/mol. The van der Waals surface area contributed by atoms with Gasteiger partial charge < -0.3 is 9.73 Å². The number of amides is 1. The normalized spacial score (nSPS) is 11.1. The number of nitrogens with one attached hydrogen (secondary N) is 1. The van der Waals surface area contributed by atoms with Crippen molar-refractivity contribution in [2.45, 2.75) is 20.8 Å². The number of fused-ring (bicyclic) bond motifs is 1. The van der Waals surface area contributed by atoms with Crippen LogP contribution in [0, 0.1) is 12.8 Å². The molecule has 1 amide bonds. The quantitative estimate of drug-likeness (QED) is 0.881. The highest BCUT2D eigenvalue weighted by molar-refractivity contribution is 5.96. The molecule has 0 unspecified atom stereocenters. The molecule has 1 aromatic heterocycles. The number of furan rings is 1. The standard InChI is InChI=1S/C14H17NO2/c1-9(2)8-15-14(16)13-7-11-5-4-10(3)6-12(11)17-13/h4-7,9H,8H2,1-3H3,(H,15,16). The maximum Gasteiger partial charge on any atom is 0.287 e. The van der Waals surface area contributed by atoms with Crippen molar-refractivity contribution in [3.8, 4) is 0 Å². The summed E-state index contributed by atoms with van der Waals surface area (Å²) < 4.78 is 5.53. The summed E-state index contributed by atoms with van der Waals surface area (Å²) >= 11 is 0. The molecule has 3 heteroatoms. The van der Waals surface area contributed by atoms with Crippen molar-refractivity contribution in [1.29, 1.82) is 0 Å². The van der Waals surface area contributed by atoms with Gasteiger partial charge in [0.2, 0.25) is 0 Å². The van der Waals surface area contributed by atoms with Crippen molar-refractivity contribution >= 4 is 16.9 Å². The molecule has 3 nitrogen and oxygen atoms in total. The summed E-state index contributed by atoms with van der Waals surface area (Å²) in [5.74, 6) is 0.671. The van der Waals surface area contributed by atoms with Gasteiger partial charge in [0.15, 0.2) is 5.76 Å². The average molecular weight is 231 g/mol. The molecule has 0 aliphatic carbocycles. The van der Waals surface area contributed by atoms with E-state index in [1.54, 1.807) is 6.07 Å². The number of hydrogen-bond donors (Lipinski definition) is 1. The Kier molecular flexibility index (Phi) is 3.18. The number of carbonyl (C=O) groups excluding carboxylic acids is 1. The van der Waals surface area contributed by atoms with Gasteiger partial charge in [-0.2, -0.15) is 0 Å². The van der Waals surface area contributed by atoms with Crippen LogP contribution in [-0.2, 0) is 0 Å². The Labute approximate surface area is 101 Å². The largest absolute Gasteiger partial charge is 0.451 e. The van der Waals surface area contributed by atoms with E-state index < -0.39 is 0 Å². The Morgan fingerprint density at radius 3 is 2.82 bits per heavy atom. The van der Waals surface area contributed by atoms with Crippen LogP contribution in [0.4, 0.5) is 0 Å². The molecule has 0 saturated heterocycles. The maximum atomic E-state index is 11.8. The number of aryl methyl sites for hydroxylation is 1. The van der Waals surface area contributed by atoms with E-state index in [1.807, 2.05) is 25.1 Å². The lowest BCUT2D eigenvalue weighted by molar-refractivity contribution is 0.0923. The van der Waals surface area contributed by atoms with Crippen molar-refractivity contribution < 1.29 is 9.21 Å². The molecule has 0 aliphatic heterocycles. The van der Waals surface area contributed by atoms with Crippen LogP contribution >= 0.6 is 0 Å². The first kappa shape index (κ1) is 11.7. The molecule has 0 spiro atoms. The summed E-state index contributed by atoms with van der Waals surface area (Å²) in [6.45, 7) is 6.78. The zero-order valence-electron chi connectivity index (χ0n) is 10.4. The van der Waals surface area contributed by atoms with Crippen LogP contribution in [0.3, 0.4) is 0 Å². The maximum absolute atomic E-state index is 11.8. The van der Waals surface area contributed by atoms with Gasteiger partial charge in [0, 0.05) is 11.9 Å². The van der Waals surface area contributed by atoms with Gasteiger partial charge in [-0.25, -0.2) is 0 Å². The second-order valence-electron chi connectivity index (χ2n) is 4.76. The van der Waals surface area contributed by atoms with Crippen molar-refractivity contribution in [3.63, 3.8) is 0 Å². The number of carbonyl (C=O) groups is 1. The molecule has 0 fully saturated rings. The van der Waals surface area contributed by atoms with Crippen LogP contribution in [0.15, 0.2) is 28.7 Å². The topological polar surface area (TPSA) is 42.2 Å². The lowest BCUT2D eigenvalue weighted by atomic mass is 10.2. The fourth-order valence-corrected chi connectivity index (χ4v) is 1.63. The summed E-state index contributed by atoms with van der Waals surface area (Å²) in [7, 11) is 0. The summed E-state index contributed by atoms with van der Waals surface area (Å²) in [6, 6.07) is 7.69. The minimum Gasteiger partial charge on any atom is -0.451 e. The lowest BCUT2D eigenvalue weighted by Gasteiger charge is -2.04. The zero-order valence-corrected chi connectivity index (χ0v) is 10.4. The predicted octanol–water partition coefficient (Wildman–Crippen LogP) is 3.13. The molecule has 1 N–H and O–H groups in total. The fraction of sp³-hybridized carbons (Fsp3) is 0.357. The van der Waals surface area contributed by atoms with E-state index >= 15 is 0 Å². The highest BCUT2D eigenvalue weighted by atomic mass is 16.3. The minimum absolute atomic E-state index is 0.146. The summed E-state index contributed by atoms with van der Waals surface area (Å²) in [5, 5.41) is 3.80. The molecule has 17 heavy (non-hydrogen) atoms. The predicted molar refractivity (Wildman–Crippen MR) is 68.1 cm³/mol. The third-order valence-electron chi connectivity index (χ3n) is 2.57. The van der Waals surface area contributed by atoms with Gasteiger partial charge in [-0.1, -0.05) is 26.0 Å². The van der Waals surface area contributed by atoms with Crippen LogP contribution in [0.25, 0.3) is 11.0 Å². The number of benzene rings is 1. The third-order valence-corrected chi connectivity index (χ3v) is 2.57. The molecule has 0 radical (unpaired) electrons. The number of rotatable bonds is 3. The second-order valence-corrected chi connectivity index (χ2v) is 4.76. The lowest BCUT2D eigenvalue weighted by Crippen LogP contribution is -2.26. The molecule has 2 rings (SSSR count). The number of hydrogen-bond acceptors (Lipinski definition) is 2. The van der Waals surface area contributed by atoms with E-state index in [9.17, 15) is 4.79 Å². The Balaban J connectivity index is 2.21. The molecular weight excluding hydrogens is 214 g/mol. The molecule has 1 aromatic carbocycles. The molecule has 1 heterocycles.